The minimum absolute atomic E-state index is 0.0177. The predicted molar refractivity (Wildman–Crippen MR) is 220 cm³/mol. The van der Waals surface area contributed by atoms with Crippen LogP contribution in [0.15, 0.2) is 67.3 Å². The van der Waals surface area contributed by atoms with E-state index in [1.807, 2.05) is 69.3 Å². The number of benzene rings is 2. The van der Waals surface area contributed by atoms with Gasteiger partial charge in [0.05, 0.1) is 30.2 Å². The van der Waals surface area contributed by atoms with Crippen LogP contribution in [0.3, 0.4) is 0 Å². The van der Waals surface area contributed by atoms with Crippen LogP contribution in [0.2, 0.25) is 0 Å². The maximum atomic E-state index is 14.6. The zero-order valence-corrected chi connectivity index (χ0v) is 34.4. The number of carbonyl (C=O) groups excluding carboxylic acids is 4. The van der Waals surface area contributed by atoms with Crippen LogP contribution in [-0.4, -0.2) is 89.5 Å². The van der Waals surface area contributed by atoms with Gasteiger partial charge in [0.25, 0.3) is 0 Å². The Bertz CT molecular complexity index is 2040. The number of methoxy groups -OCH3 is 1. The van der Waals surface area contributed by atoms with Crippen molar-refractivity contribution in [1.82, 2.24) is 25.8 Å². The normalized spacial score (nSPS) is 24.2. The van der Waals surface area contributed by atoms with Gasteiger partial charge in [-0.2, -0.15) is 0 Å². The van der Waals surface area contributed by atoms with Gasteiger partial charge in [-0.3, -0.25) is 19.2 Å². The van der Waals surface area contributed by atoms with Crippen LogP contribution in [0.25, 0.3) is 22.2 Å². The number of aliphatic carboxylic acids is 1. The third-order valence-corrected chi connectivity index (χ3v) is 12.3. The molecule has 3 aliphatic carbocycles. The molecule has 3 aromatic rings. The number of carbonyl (C=O) groups is 5. The van der Waals surface area contributed by atoms with E-state index in [0.29, 0.717) is 28.1 Å². The van der Waals surface area contributed by atoms with Gasteiger partial charge in [0.1, 0.15) is 35.2 Å². The van der Waals surface area contributed by atoms with Crippen molar-refractivity contribution in [2.75, 3.05) is 21.2 Å². The predicted octanol–water partition coefficient (Wildman–Crippen LogP) is 5.51. The third-order valence-electron chi connectivity index (χ3n) is 12.3. The summed E-state index contributed by atoms with van der Waals surface area (Å²) in [4.78, 5) is 75.4. The first kappa shape index (κ1) is 42.2. The van der Waals surface area contributed by atoms with E-state index in [0.717, 1.165) is 37.7 Å². The molecule has 0 bridgehead atoms. The number of carboxylic acid groups (broad SMARTS) is 1. The summed E-state index contributed by atoms with van der Waals surface area (Å²) in [6, 6.07) is 15.2. The molecule has 0 saturated heterocycles. The van der Waals surface area contributed by atoms with Crippen LogP contribution in [0.5, 0.6) is 11.5 Å². The fraction of sp³-hybridized carbons (Fsp3) is 0.511. The number of hydrogen-bond donors (Lipinski definition) is 4. The number of nitrogens with one attached hydrogen (secondary N) is 3. The molecule has 0 radical (unpaired) electrons. The maximum absolute atomic E-state index is 14.6. The van der Waals surface area contributed by atoms with E-state index >= 15 is 0 Å². The summed E-state index contributed by atoms with van der Waals surface area (Å²) in [5.74, 6) is -4.26. The number of aromatic nitrogens is 1. The smallest absolute Gasteiger partial charge is 0.330 e. The highest BCUT2D eigenvalue weighted by atomic mass is 16.5. The van der Waals surface area contributed by atoms with E-state index in [9.17, 15) is 29.1 Å². The number of rotatable bonds is 14. The zero-order chi connectivity index (χ0) is 41.9. The summed E-state index contributed by atoms with van der Waals surface area (Å²) in [5, 5.41) is 19.3. The summed E-state index contributed by atoms with van der Waals surface area (Å²) in [6.07, 6.45) is 5.95. The Morgan fingerprint density at radius 3 is 2.24 bits per heavy atom. The monoisotopic (exact) mass is 795 g/mol. The van der Waals surface area contributed by atoms with Crippen LogP contribution < -0.4 is 25.4 Å². The number of pyridine rings is 1. The van der Waals surface area contributed by atoms with Crippen molar-refractivity contribution in [2.24, 2.45) is 29.1 Å². The minimum atomic E-state index is -1.51. The molecule has 4 amide bonds. The highest BCUT2D eigenvalue weighted by molar-refractivity contribution is 5.97. The molecule has 310 valence electrons. The molecule has 13 heteroatoms. The molecule has 6 rings (SSSR count). The van der Waals surface area contributed by atoms with Gasteiger partial charge < -0.3 is 35.4 Å². The second kappa shape index (κ2) is 17.2. The molecule has 1 aromatic heterocycles. The highest BCUT2D eigenvalue weighted by Crippen LogP contribution is 2.46. The lowest BCUT2D eigenvalue weighted by atomic mass is 9.81. The van der Waals surface area contributed by atoms with Gasteiger partial charge in [-0.1, -0.05) is 76.4 Å². The van der Waals surface area contributed by atoms with Crippen molar-refractivity contribution in [3.05, 3.63) is 67.3 Å². The second-order valence-electron chi connectivity index (χ2n) is 17.2. The minimum Gasteiger partial charge on any atom is -0.497 e. The number of carboxylic acids is 1. The first-order chi connectivity index (χ1) is 27.6. The summed E-state index contributed by atoms with van der Waals surface area (Å²) in [7, 11) is 4.76. The maximum Gasteiger partial charge on any atom is 0.330 e. The SMILES string of the molecule is C=C[C@@H]1C[C@]1(NC(=O)[C@@H]1C[C@@H](Oc2cc(-c3ccccc3)nc3cc(OC)ccc23)C[C@H]1C(=O)N[C@H](C(=O)N(C)[C@H](C(=O)NC)C1CCCCC1)C(C)(C)C)C(=O)O. The van der Waals surface area contributed by atoms with Crippen LogP contribution in [0, 0.1) is 29.1 Å². The molecule has 3 saturated carbocycles. The summed E-state index contributed by atoms with van der Waals surface area (Å²) < 4.78 is 12.2. The van der Waals surface area contributed by atoms with Crippen molar-refractivity contribution in [2.45, 2.75) is 95.9 Å². The standard InChI is InChI=1S/C45H57N5O8/c1-8-28-25-45(28,43(55)56)49-40(52)33-22-30(58-36-24-34(26-15-11-9-12-16-26)47-35-23-29(57-7)19-20-31(35)36)21-32(33)39(51)48-38(44(2,3)4)42(54)50(6)37(41(53)46-5)27-17-13-10-14-18-27/h8-9,11-12,15-16,19-20,23-24,27-28,30,32-33,37-38H,1,10,13-14,17-18,21-22,25H2,2-7H3,(H,46,53)(H,48,51)(H,49,52)(H,55,56)/t28-,30+,32-,33-,37+,38-,45-/m1/s1. The number of nitrogens with zero attached hydrogens (tertiary/aromatic N) is 2. The number of fused-ring (bicyclic) bond motifs is 1. The highest BCUT2D eigenvalue weighted by Gasteiger charge is 2.61. The molecule has 1 heterocycles. The third kappa shape index (κ3) is 8.68. The largest absolute Gasteiger partial charge is 0.497 e. The molecular weight excluding hydrogens is 739 g/mol. The van der Waals surface area contributed by atoms with Crippen molar-refractivity contribution in [3.63, 3.8) is 0 Å². The Morgan fingerprint density at radius 2 is 1.66 bits per heavy atom. The van der Waals surface area contributed by atoms with Crippen molar-refractivity contribution in [3.8, 4) is 22.8 Å². The quantitative estimate of drug-likeness (QED) is 0.153. The zero-order valence-electron chi connectivity index (χ0n) is 34.4. The molecule has 0 unspecified atom stereocenters. The van der Waals surface area contributed by atoms with E-state index in [4.69, 9.17) is 14.5 Å². The van der Waals surface area contributed by atoms with Gasteiger partial charge in [-0.25, -0.2) is 9.78 Å². The van der Waals surface area contributed by atoms with Crippen LogP contribution >= 0.6 is 0 Å². The molecule has 3 fully saturated rings. The second-order valence-corrected chi connectivity index (χ2v) is 17.2. The molecular formula is C45H57N5O8. The summed E-state index contributed by atoms with van der Waals surface area (Å²) in [5.41, 5.74) is -0.141. The summed E-state index contributed by atoms with van der Waals surface area (Å²) >= 11 is 0. The van der Waals surface area contributed by atoms with Gasteiger partial charge in [0, 0.05) is 43.1 Å². The van der Waals surface area contributed by atoms with Gasteiger partial charge in [-0.15, -0.1) is 6.58 Å². The van der Waals surface area contributed by atoms with Crippen LogP contribution in [-0.2, 0) is 24.0 Å². The summed E-state index contributed by atoms with van der Waals surface area (Å²) in [6.45, 7) is 9.28. The van der Waals surface area contributed by atoms with E-state index in [2.05, 4.69) is 22.5 Å². The fourth-order valence-corrected chi connectivity index (χ4v) is 8.87. The van der Waals surface area contributed by atoms with Crippen molar-refractivity contribution >= 4 is 40.5 Å². The van der Waals surface area contributed by atoms with E-state index < -0.39 is 70.6 Å². The van der Waals surface area contributed by atoms with Gasteiger partial charge in [-0.05, 0) is 55.6 Å². The van der Waals surface area contributed by atoms with Crippen molar-refractivity contribution < 1.29 is 38.6 Å². The molecule has 0 spiro atoms. The lowest BCUT2D eigenvalue weighted by Crippen LogP contribution is -2.60. The number of hydrogen-bond acceptors (Lipinski definition) is 8. The molecule has 2 aromatic carbocycles. The Balaban J connectivity index is 1.32. The van der Waals surface area contributed by atoms with E-state index in [-0.39, 0.29) is 31.1 Å². The van der Waals surface area contributed by atoms with Gasteiger partial charge in [0.15, 0.2) is 0 Å². The molecule has 0 aliphatic heterocycles. The van der Waals surface area contributed by atoms with Crippen LogP contribution in [0.4, 0.5) is 0 Å². The Kier molecular flexibility index (Phi) is 12.5. The van der Waals surface area contributed by atoms with E-state index in [1.165, 1.54) is 11.0 Å². The Labute approximate surface area is 340 Å². The lowest BCUT2D eigenvalue weighted by molar-refractivity contribution is -0.147. The average molecular weight is 796 g/mol. The van der Waals surface area contributed by atoms with Gasteiger partial charge in [0.2, 0.25) is 23.6 Å². The Morgan fingerprint density at radius 1 is 0.983 bits per heavy atom. The van der Waals surface area contributed by atoms with Gasteiger partial charge >= 0.3 is 5.97 Å². The first-order valence-corrected chi connectivity index (χ1v) is 20.3. The topological polar surface area (TPSA) is 176 Å². The first-order valence-electron chi connectivity index (χ1n) is 20.3. The molecule has 7 atom stereocenters. The number of amides is 4. The molecule has 3 aliphatic rings. The molecule has 4 N–H and O–H groups in total. The Hall–Kier alpha value is -5.46. The average Bonchev–Trinajstić information content (AvgIpc) is 3.78. The number of likely N-dealkylation sites (N-methyl/N-ethyl adjacent to an activating group) is 2. The number of ether oxygens (including phenoxy) is 2. The molecule has 13 nitrogen and oxygen atoms in total. The van der Waals surface area contributed by atoms with E-state index in [1.54, 1.807) is 27.3 Å². The lowest BCUT2D eigenvalue weighted by Gasteiger charge is -2.40. The van der Waals surface area contributed by atoms with Crippen LogP contribution in [0.1, 0.15) is 72.1 Å². The van der Waals surface area contributed by atoms with Crippen molar-refractivity contribution in [1.29, 1.82) is 0 Å². The molecule has 58 heavy (non-hydrogen) atoms. The fourth-order valence-electron chi connectivity index (χ4n) is 8.87.